The van der Waals surface area contributed by atoms with Gasteiger partial charge < -0.3 is 9.84 Å². The first-order chi connectivity index (χ1) is 5.66. The van der Waals surface area contributed by atoms with Crippen molar-refractivity contribution >= 4 is 5.97 Å². The topological polar surface area (TPSA) is 46.5 Å². The van der Waals surface area contributed by atoms with Crippen LogP contribution in [-0.4, -0.2) is 23.8 Å². The number of carboxylic acids is 1. The van der Waals surface area contributed by atoms with Crippen LogP contribution in [0.4, 0.5) is 0 Å². The van der Waals surface area contributed by atoms with Gasteiger partial charge in [0, 0.05) is 6.61 Å². The molecule has 0 radical (unpaired) electrons. The Labute approximate surface area is 73.0 Å². The quantitative estimate of drug-likeness (QED) is 0.470. The number of ether oxygens (including phenoxy) is 1. The molecule has 0 bridgehead atoms. The lowest BCUT2D eigenvalue weighted by molar-refractivity contribution is -0.139. The molecule has 0 rings (SSSR count). The molecular weight excluding hydrogens is 156 g/mol. The van der Waals surface area contributed by atoms with E-state index >= 15 is 0 Å². The number of carboxylic acid groups (broad SMARTS) is 1. The summed E-state index contributed by atoms with van der Waals surface area (Å²) in [5, 5.41) is 8.39. The fourth-order valence-corrected chi connectivity index (χ4v) is 0.817. The van der Waals surface area contributed by atoms with E-state index in [-0.39, 0.29) is 12.5 Å². The molecule has 1 N–H and O–H groups in total. The minimum Gasteiger partial charge on any atom is -0.481 e. The summed E-state index contributed by atoms with van der Waals surface area (Å²) in [6.45, 7) is 5.95. The summed E-state index contributed by atoms with van der Waals surface area (Å²) >= 11 is 0. The molecule has 0 aliphatic heterocycles. The molecule has 70 valence electrons. The highest BCUT2D eigenvalue weighted by atomic mass is 16.5. The summed E-state index contributed by atoms with van der Waals surface area (Å²) in [7, 11) is 0. The van der Waals surface area contributed by atoms with Gasteiger partial charge in [0.2, 0.25) is 0 Å². The Morgan fingerprint density at radius 1 is 1.75 bits per heavy atom. The molecule has 12 heavy (non-hydrogen) atoms. The Balaban J connectivity index is 3.24. The second-order valence-electron chi connectivity index (χ2n) is 2.71. The van der Waals surface area contributed by atoms with Crippen LogP contribution in [0.5, 0.6) is 0 Å². The number of aliphatic carboxylic acids is 1. The van der Waals surface area contributed by atoms with Crippen molar-refractivity contribution in [3.63, 3.8) is 0 Å². The van der Waals surface area contributed by atoms with Crippen molar-refractivity contribution in [3.05, 3.63) is 12.7 Å². The first-order valence-electron chi connectivity index (χ1n) is 4.11. The molecule has 0 saturated carbocycles. The summed E-state index contributed by atoms with van der Waals surface area (Å²) in [5.74, 6) is -0.814. The fourth-order valence-electron chi connectivity index (χ4n) is 0.817. The first kappa shape index (κ1) is 11.2. The zero-order chi connectivity index (χ0) is 9.40. The first-order valence-corrected chi connectivity index (χ1v) is 4.11. The van der Waals surface area contributed by atoms with Crippen LogP contribution in [-0.2, 0) is 9.53 Å². The molecule has 1 atom stereocenters. The molecule has 0 saturated heterocycles. The van der Waals surface area contributed by atoms with Crippen molar-refractivity contribution in [1.82, 2.24) is 0 Å². The standard InChI is InChI=1S/C9H16O3/c1-3-4-5-6-12-8(2)7-9(10)11/h3,8H,1,4-7H2,2H3,(H,10,11)/t8-/m1/s1. The van der Waals surface area contributed by atoms with E-state index in [2.05, 4.69) is 6.58 Å². The Morgan fingerprint density at radius 3 is 2.92 bits per heavy atom. The third kappa shape index (κ3) is 7.28. The molecule has 3 nitrogen and oxygen atoms in total. The predicted octanol–water partition coefficient (Wildman–Crippen LogP) is 1.83. The molecule has 0 aromatic heterocycles. The van der Waals surface area contributed by atoms with Crippen molar-refractivity contribution in [2.45, 2.75) is 32.3 Å². The van der Waals surface area contributed by atoms with Crippen molar-refractivity contribution in [1.29, 1.82) is 0 Å². The van der Waals surface area contributed by atoms with Crippen molar-refractivity contribution in [2.24, 2.45) is 0 Å². The van der Waals surface area contributed by atoms with Crippen LogP contribution in [0.2, 0.25) is 0 Å². The van der Waals surface area contributed by atoms with E-state index in [9.17, 15) is 4.79 Å². The van der Waals surface area contributed by atoms with E-state index in [1.807, 2.05) is 6.08 Å². The lowest BCUT2D eigenvalue weighted by atomic mass is 10.3. The largest absolute Gasteiger partial charge is 0.481 e. The number of allylic oxidation sites excluding steroid dienone is 1. The average Bonchev–Trinajstić information content (AvgIpc) is 1.97. The number of hydrogen-bond acceptors (Lipinski definition) is 2. The van der Waals surface area contributed by atoms with Gasteiger partial charge in [-0.3, -0.25) is 4.79 Å². The van der Waals surface area contributed by atoms with Crippen LogP contribution >= 0.6 is 0 Å². The molecule has 0 aromatic rings. The van der Waals surface area contributed by atoms with Crippen LogP contribution in [0.1, 0.15) is 26.2 Å². The monoisotopic (exact) mass is 172 g/mol. The number of hydrogen-bond donors (Lipinski definition) is 1. The average molecular weight is 172 g/mol. The molecule has 0 aliphatic rings. The number of carbonyl (C=O) groups is 1. The fraction of sp³-hybridized carbons (Fsp3) is 0.667. The molecule has 0 fully saturated rings. The zero-order valence-corrected chi connectivity index (χ0v) is 7.45. The molecular formula is C9H16O3. The number of rotatable bonds is 7. The Bertz CT molecular complexity index is 143. The SMILES string of the molecule is C=CCCCO[C@H](C)CC(=O)O. The van der Waals surface area contributed by atoms with E-state index in [1.165, 1.54) is 0 Å². The van der Waals surface area contributed by atoms with E-state index in [0.717, 1.165) is 12.8 Å². The van der Waals surface area contributed by atoms with Crippen molar-refractivity contribution in [2.75, 3.05) is 6.61 Å². The third-order valence-corrected chi connectivity index (χ3v) is 1.42. The lowest BCUT2D eigenvalue weighted by Crippen LogP contribution is -2.14. The lowest BCUT2D eigenvalue weighted by Gasteiger charge is -2.09. The van der Waals surface area contributed by atoms with E-state index in [0.29, 0.717) is 6.61 Å². The summed E-state index contributed by atoms with van der Waals surface area (Å²) in [5.41, 5.74) is 0. The van der Waals surface area contributed by atoms with Gasteiger partial charge in [-0.05, 0) is 19.8 Å². The van der Waals surface area contributed by atoms with Crippen molar-refractivity contribution < 1.29 is 14.6 Å². The molecule has 0 unspecified atom stereocenters. The van der Waals surface area contributed by atoms with Gasteiger partial charge in [-0.1, -0.05) is 6.08 Å². The van der Waals surface area contributed by atoms with Gasteiger partial charge in [0.25, 0.3) is 0 Å². The molecule has 0 amide bonds. The van der Waals surface area contributed by atoms with Crippen LogP contribution in [0.25, 0.3) is 0 Å². The maximum atomic E-state index is 10.2. The van der Waals surface area contributed by atoms with Crippen LogP contribution in [0.3, 0.4) is 0 Å². The van der Waals surface area contributed by atoms with E-state index in [4.69, 9.17) is 9.84 Å². The van der Waals surface area contributed by atoms with Gasteiger partial charge in [-0.2, -0.15) is 0 Å². The second-order valence-corrected chi connectivity index (χ2v) is 2.71. The van der Waals surface area contributed by atoms with Crippen LogP contribution < -0.4 is 0 Å². The maximum Gasteiger partial charge on any atom is 0.305 e. The summed E-state index contributed by atoms with van der Waals surface area (Å²) in [6, 6.07) is 0. The Morgan fingerprint density at radius 2 is 2.42 bits per heavy atom. The molecule has 0 spiro atoms. The van der Waals surface area contributed by atoms with Gasteiger partial charge in [0.15, 0.2) is 0 Å². The summed E-state index contributed by atoms with van der Waals surface area (Å²) in [4.78, 5) is 10.2. The molecule has 0 heterocycles. The van der Waals surface area contributed by atoms with Gasteiger partial charge in [-0.25, -0.2) is 0 Å². The highest BCUT2D eigenvalue weighted by molar-refractivity contribution is 5.67. The Hall–Kier alpha value is -0.830. The predicted molar refractivity (Wildman–Crippen MR) is 47.1 cm³/mol. The van der Waals surface area contributed by atoms with Gasteiger partial charge >= 0.3 is 5.97 Å². The van der Waals surface area contributed by atoms with E-state index < -0.39 is 5.97 Å². The third-order valence-electron chi connectivity index (χ3n) is 1.42. The maximum absolute atomic E-state index is 10.2. The smallest absolute Gasteiger partial charge is 0.305 e. The molecule has 3 heteroatoms. The van der Waals surface area contributed by atoms with Crippen LogP contribution in [0, 0.1) is 0 Å². The van der Waals surface area contributed by atoms with Crippen molar-refractivity contribution in [3.8, 4) is 0 Å². The second kappa shape index (κ2) is 6.85. The van der Waals surface area contributed by atoms with Gasteiger partial charge in [-0.15, -0.1) is 6.58 Å². The summed E-state index contributed by atoms with van der Waals surface area (Å²) < 4.78 is 5.23. The normalized spacial score (nSPS) is 12.4. The highest BCUT2D eigenvalue weighted by Gasteiger charge is 2.06. The van der Waals surface area contributed by atoms with Crippen LogP contribution in [0.15, 0.2) is 12.7 Å². The van der Waals surface area contributed by atoms with Gasteiger partial charge in [0.05, 0.1) is 12.5 Å². The summed E-state index contributed by atoms with van der Waals surface area (Å²) in [6.07, 6.45) is 3.54. The Kier molecular flexibility index (Phi) is 6.38. The van der Waals surface area contributed by atoms with E-state index in [1.54, 1.807) is 6.92 Å². The molecule has 0 aromatic carbocycles. The minimum atomic E-state index is -0.814. The zero-order valence-electron chi connectivity index (χ0n) is 7.45. The molecule has 0 aliphatic carbocycles. The number of unbranched alkanes of at least 4 members (excludes halogenated alkanes) is 1. The van der Waals surface area contributed by atoms with Gasteiger partial charge in [0.1, 0.15) is 0 Å². The minimum absolute atomic E-state index is 0.0775. The highest BCUT2D eigenvalue weighted by Crippen LogP contribution is 1.99.